The van der Waals surface area contributed by atoms with Crippen molar-refractivity contribution in [2.24, 2.45) is 5.10 Å². The van der Waals surface area contributed by atoms with Gasteiger partial charge in [-0.3, -0.25) is 14.4 Å². The fourth-order valence-corrected chi connectivity index (χ4v) is 3.93. The number of ether oxygens (including phenoxy) is 4. The van der Waals surface area contributed by atoms with Crippen LogP contribution in [0.4, 0.5) is 5.69 Å². The van der Waals surface area contributed by atoms with Crippen LogP contribution in [0.1, 0.15) is 29.2 Å². The lowest BCUT2D eigenvalue weighted by atomic mass is 10.1. The van der Waals surface area contributed by atoms with Gasteiger partial charge in [0.15, 0.2) is 29.6 Å². The molecule has 3 N–H and O–H groups in total. The third kappa shape index (κ3) is 9.26. The molecule has 3 amide bonds. The number of hydrogen-bond acceptors (Lipinski definition) is 8. The zero-order valence-corrected chi connectivity index (χ0v) is 24.4. The van der Waals surface area contributed by atoms with Crippen molar-refractivity contribution in [2.45, 2.75) is 27.2 Å². The molecular formula is C31H36N4O7. The maximum absolute atomic E-state index is 12.4. The molecule has 3 rings (SSSR count). The Morgan fingerprint density at radius 2 is 1.60 bits per heavy atom. The summed E-state index contributed by atoms with van der Waals surface area (Å²) in [6.45, 7) is 6.13. The van der Waals surface area contributed by atoms with Gasteiger partial charge in [0, 0.05) is 12.2 Å². The van der Waals surface area contributed by atoms with Crippen LogP contribution in [-0.2, 0) is 20.8 Å². The lowest BCUT2D eigenvalue weighted by Crippen LogP contribution is -2.38. The molecule has 3 aromatic rings. The number of hydrazone groups is 1. The number of nitrogens with one attached hydrogen (secondary N) is 3. The minimum atomic E-state index is -0.904. The van der Waals surface area contributed by atoms with Crippen molar-refractivity contribution in [1.29, 1.82) is 0 Å². The molecule has 0 aromatic heterocycles. The average molecular weight is 577 g/mol. The first kappa shape index (κ1) is 31.5. The van der Waals surface area contributed by atoms with Gasteiger partial charge in [0.05, 0.1) is 27.0 Å². The van der Waals surface area contributed by atoms with Gasteiger partial charge in [0.25, 0.3) is 5.91 Å². The first-order valence-corrected chi connectivity index (χ1v) is 13.3. The summed E-state index contributed by atoms with van der Waals surface area (Å²) < 4.78 is 21.8. The summed E-state index contributed by atoms with van der Waals surface area (Å²) in [5.74, 6) is -0.0557. The Morgan fingerprint density at radius 1 is 0.833 bits per heavy atom. The lowest BCUT2D eigenvalue weighted by Gasteiger charge is -2.13. The number of aryl methyl sites for hydroxylation is 2. The summed E-state index contributed by atoms with van der Waals surface area (Å²) in [6.07, 6.45) is 1.86. The first-order chi connectivity index (χ1) is 20.2. The SMILES string of the molecule is CCOc1cc(/C=N\NC(=O)C(=O)NCCc2ccc(OC)c(OC)c2)ccc1OCC(=O)Nc1ccc(C)cc1C. The van der Waals surface area contributed by atoms with E-state index in [1.165, 1.54) is 6.21 Å². The predicted octanol–water partition coefficient (Wildman–Crippen LogP) is 3.55. The van der Waals surface area contributed by atoms with E-state index in [0.717, 1.165) is 22.4 Å². The van der Waals surface area contributed by atoms with Gasteiger partial charge in [-0.2, -0.15) is 5.10 Å². The second-order valence-electron chi connectivity index (χ2n) is 9.19. The summed E-state index contributed by atoms with van der Waals surface area (Å²) in [5.41, 5.74) is 6.49. The van der Waals surface area contributed by atoms with E-state index in [2.05, 4.69) is 21.2 Å². The summed E-state index contributed by atoms with van der Waals surface area (Å²) in [5, 5.41) is 9.26. The number of carbonyl (C=O) groups excluding carboxylic acids is 3. The maximum Gasteiger partial charge on any atom is 0.329 e. The van der Waals surface area contributed by atoms with E-state index in [1.54, 1.807) is 38.5 Å². The summed E-state index contributed by atoms with van der Waals surface area (Å²) in [6, 6.07) is 16.2. The van der Waals surface area contributed by atoms with Gasteiger partial charge in [0.2, 0.25) is 0 Å². The molecule has 11 heteroatoms. The molecule has 42 heavy (non-hydrogen) atoms. The molecule has 0 atom stereocenters. The van der Waals surface area contributed by atoms with E-state index in [-0.39, 0.29) is 19.1 Å². The van der Waals surface area contributed by atoms with Gasteiger partial charge in [-0.15, -0.1) is 0 Å². The molecular weight excluding hydrogens is 540 g/mol. The van der Waals surface area contributed by atoms with Crippen molar-refractivity contribution < 1.29 is 33.3 Å². The fourth-order valence-electron chi connectivity index (χ4n) is 3.93. The standard InChI is InChI=1S/C31H36N4O7/c1-6-41-28-17-23(9-12-26(28)42-19-29(36)34-24-10-7-20(2)15-21(24)3)18-33-35-31(38)30(37)32-14-13-22-8-11-25(39-4)27(16-22)40-5/h7-12,15-18H,6,13-14,19H2,1-5H3,(H,32,37)(H,34,36)(H,35,38)/b33-18-. The van der Waals surface area contributed by atoms with Gasteiger partial charge < -0.3 is 29.6 Å². The van der Waals surface area contributed by atoms with Gasteiger partial charge in [0.1, 0.15) is 0 Å². The largest absolute Gasteiger partial charge is 0.493 e. The van der Waals surface area contributed by atoms with Crippen LogP contribution in [0.5, 0.6) is 23.0 Å². The van der Waals surface area contributed by atoms with Crippen molar-refractivity contribution in [2.75, 3.05) is 39.3 Å². The third-order valence-electron chi connectivity index (χ3n) is 6.02. The molecule has 0 fully saturated rings. The van der Waals surface area contributed by atoms with Gasteiger partial charge in [-0.1, -0.05) is 23.8 Å². The highest BCUT2D eigenvalue weighted by atomic mass is 16.5. The van der Waals surface area contributed by atoms with Gasteiger partial charge in [-0.05, 0) is 80.3 Å². The molecule has 0 unspecified atom stereocenters. The van der Waals surface area contributed by atoms with Crippen LogP contribution in [-0.4, -0.2) is 57.9 Å². The first-order valence-electron chi connectivity index (χ1n) is 13.3. The highest BCUT2D eigenvalue weighted by Gasteiger charge is 2.13. The van der Waals surface area contributed by atoms with E-state index in [4.69, 9.17) is 18.9 Å². The van der Waals surface area contributed by atoms with Gasteiger partial charge in [-0.25, -0.2) is 5.43 Å². The molecule has 3 aromatic carbocycles. The smallest absolute Gasteiger partial charge is 0.329 e. The number of amides is 3. The van der Waals surface area contributed by atoms with Gasteiger partial charge >= 0.3 is 11.8 Å². The Bertz CT molecular complexity index is 1440. The average Bonchev–Trinajstić information content (AvgIpc) is 2.98. The van der Waals surface area contributed by atoms with Crippen molar-refractivity contribution in [1.82, 2.24) is 10.7 Å². The molecule has 0 saturated carbocycles. The summed E-state index contributed by atoms with van der Waals surface area (Å²) in [7, 11) is 3.10. The number of benzene rings is 3. The van der Waals surface area contributed by atoms with Crippen LogP contribution in [0, 0.1) is 13.8 Å². The van der Waals surface area contributed by atoms with Crippen LogP contribution in [0.3, 0.4) is 0 Å². The topological polar surface area (TPSA) is 137 Å². The molecule has 0 saturated heterocycles. The van der Waals surface area contributed by atoms with E-state index in [9.17, 15) is 14.4 Å². The molecule has 0 aliphatic rings. The van der Waals surface area contributed by atoms with E-state index >= 15 is 0 Å². The van der Waals surface area contributed by atoms with Crippen LogP contribution in [0.25, 0.3) is 0 Å². The molecule has 0 radical (unpaired) electrons. The number of rotatable bonds is 13. The number of anilines is 1. The fraction of sp³-hybridized carbons (Fsp3) is 0.290. The second kappa shape index (κ2) is 15.7. The minimum absolute atomic E-state index is 0.210. The Kier molecular flexibility index (Phi) is 11.7. The Morgan fingerprint density at radius 3 is 2.31 bits per heavy atom. The summed E-state index contributed by atoms with van der Waals surface area (Å²) in [4.78, 5) is 36.7. The van der Waals surface area contributed by atoms with Crippen LogP contribution in [0.2, 0.25) is 0 Å². The normalized spacial score (nSPS) is 10.6. The molecule has 0 aliphatic carbocycles. The van der Waals surface area contributed by atoms with Crippen molar-refractivity contribution in [3.8, 4) is 23.0 Å². The minimum Gasteiger partial charge on any atom is -0.493 e. The highest BCUT2D eigenvalue weighted by Crippen LogP contribution is 2.29. The molecule has 0 bridgehead atoms. The Balaban J connectivity index is 1.49. The zero-order chi connectivity index (χ0) is 30.5. The van der Waals surface area contributed by atoms with Crippen LogP contribution < -0.4 is 35.0 Å². The molecule has 222 valence electrons. The van der Waals surface area contributed by atoms with Crippen molar-refractivity contribution >= 4 is 29.6 Å². The van der Waals surface area contributed by atoms with Crippen LogP contribution >= 0.6 is 0 Å². The molecule has 0 aliphatic heterocycles. The Labute approximate surface area is 245 Å². The molecule has 0 spiro atoms. The number of hydrogen-bond donors (Lipinski definition) is 3. The van der Waals surface area contributed by atoms with E-state index < -0.39 is 11.8 Å². The summed E-state index contributed by atoms with van der Waals surface area (Å²) >= 11 is 0. The quantitative estimate of drug-likeness (QED) is 0.161. The molecule has 0 heterocycles. The number of nitrogens with zero attached hydrogens (tertiary/aromatic N) is 1. The number of methoxy groups -OCH3 is 2. The number of carbonyl (C=O) groups is 3. The Hall–Kier alpha value is -5.06. The van der Waals surface area contributed by atoms with Crippen molar-refractivity contribution in [3.05, 3.63) is 76.9 Å². The monoisotopic (exact) mass is 576 g/mol. The van der Waals surface area contributed by atoms with E-state index in [1.807, 2.05) is 51.1 Å². The predicted molar refractivity (Wildman–Crippen MR) is 160 cm³/mol. The van der Waals surface area contributed by atoms with Crippen molar-refractivity contribution in [3.63, 3.8) is 0 Å². The third-order valence-corrected chi connectivity index (χ3v) is 6.02. The van der Waals surface area contributed by atoms with Crippen LogP contribution in [0.15, 0.2) is 59.7 Å². The zero-order valence-electron chi connectivity index (χ0n) is 24.4. The highest BCUT2D eigenvalue weighted by molar-refractivity contribution is 6.35. The maximum atomic E-state index is 12.4. The molecule has 11 nitrogen and oxygen atoms in total. The lowest BCUT2D eigenvalue weighted by molar-refractivity contribution is -0.139. The van der Waals surface area contributed by atoms with E-state index in [0.29, 0.717) is 41.6 Å². The second-order valence-corrected chi connectivity index (χ2v) is 9.19.